The van der Waals surface area contributed by atoms with E-state index in [9.17, 15) is 9.59 Å². The zero-order chi connectivity index (χ0) is 13.4. The van der Waals surface area contributed by atoms with Gasteiger partial charge in [-0.1, -0.05) is 36.0 Å². The molecule has 0 aromatic heterocycles. The van der Waals surface area contributed by atoms with Gasteiger partial charge in [-0.3, -0.25) is 9.59 Å². The molecule has 4 heteroatoms. The van der Waals surface area contributed by atoms with Gasteiger partial charge in [-0.05, 0) is 25.3 Å². The van der Waals surface area contributed by atoms with E-state index in [1.54, 1.807) is 4.90 Å². The number of nitrogens with zero attached hydrogens (tertiary/aromatic N) is 1. The molecule has 1 amide bonds. The summed E-state index contributed by atoms with van der Waals surface area (Å²) in [5, 5.41) is 0.881. The molecule has 1 aliphatic heterocycles. The number of aryl methyl sites for hydroxylation is 1. The summed E-state index contributed by atoms with van der Waals surface area (Å²) in [7, 11) is 0. The van der Waals surface area contributed by atoms with Gasteiger partial charge in [-0.15, -0.1) is 0 Å². The summed E-state index contributed by atoms with van der Waals surface area (Å²) in [6, 6.07) is 7.76. The lowest BCUT2D eigenvalue weighted by atomic mass is 9.87. The highest BCUT2D eigenvalue weighted by Crippen LogP contribution is 2.36. The molecular weight excluding hydrogens is 258 g/mol. The summed E-state index contributed by atoms with van der Waals surface area (Å²) in [6.45, 7) is 2.59. The Morgan fingerprint density at radius 2 is 2.00 bits per heavy atom. The Labute approximate surface area is 116 Å². The topological polar surface area (TPSA) is 37.4 Å². The molecule has 0 bridgehead atoms. The van der Waals surface area contributed by atoms with Crippen LogP contribution in [0.4, 0.5) is 0 Å². The first kappa shape index (κ1) is 12.5. The molecule has 1 fully saturated rings. The van der Waals surface area contributed by atoms with Gasteiger partial charge in [-0.2, -0.15) is 0 Å². The van der Waals surface area contributed by atoms with Crippen molar-refractivity contribution >= 4 is 23.5 Å². The predicted molar refractivity (Wildman–Crippen MR) is 76.0 cm³/mol. The van der Waals surface area contributed by atoms with Crippen molar-refractivity contribution in [3.8, 4) is 0 Å². The van der Waals surface area contributed by atoms with Gasteiger partial charge in [0.15, 0.2) is 5.78 Å². The maximum atomic E-state index is 12.6. The largest absolute Gasteiger partial charge is 0.306 e. The molecule has 0 N–H and O–H groups in total. The number of benzene rings is 1. The second-order valence-corrected chi connectivity index (χ2v) is 5.66. The van der Waals surface area contributed by atoms with Crippen molar-refractivity contribution in [3.63, 3.8) is 0 Å². The molecule has 0 atom stereocenters. The fourth-order valence-corrected chi connectivity index (χ4v) is 3.84. The van der Waals surface area contributed by atoms with Gasteiger partial charge in [0.05, 0.1) is 10.8 Å². The lowest BCUT2D eigenvalue weighted by molar-refractivity contribution is -0.125. The summed E-state index contributed by atoms with van der Waals surface area (Å²) in [4.78, 5) is 26.1. The molecule has 3 nitrogen and oxygen atoms in total. The van der Waals surface area contributed by atoms with E-state index in [4.69, 9.17) is 0 Å². The van der Waals surface area contributed by atoms with E-state index in [2.05, 4.69) is 0 Å². The third-order valence-electron chi connectivity index (χ3n) is 3.63. The summed E-state index contributed by atoms with van der Waals surface area (Å²) >= 11 is 1.50. The molecule has 1 aromatic rings. The number of carbonyl (C=O) groups is 2. The van der Waals surface area contributed by atoms with E-state index in [-0.39, 0.29) is 11.7 Å². The van der Waals surface area contributed by atoms with Crippen molar-refractivity contribution in [3.05, 3.63) is 46.0 Å². The molecule has 0 radical (unpaired) electrons. The molecular formula is C15H15NO2S. The first-order chi connectivity index (χ1) is 9.22. The lowest BCUT2D eigenvalue weighted by Crippen LogP contribution is -2.27. The Bertz CT molecular complexity index is 592. The van der Waals surface area contributed by atoms with Crippen LogP contribution in [0.2, 0.25) is 0 Å². The standard InChI is InChI=1S/C15H15NO2S/c1-2-16-13(17)9-19-15(16)12-8-7-10-5-3-4-6-11(10)14(12)18/h3-6H,2,7-9H2,1H3/b15-12+. The first-order valence-electron chi connectivity index (χ1n) is 6.51. The second kappa shape index (κ2) is 4.85. The van der Waals surface area contributed by atoms with Crippen LogP contribution < -0.4 is 0 Å². The van der Waals surface area contributed by atoms with Crippen LogP contribution >= 0.6 is 11.8 Å². The van der Waals surface area contributed by atoms with E-state index >= 15 is 0 Å². The second-order valence-electron chi connectivity index (χ2n) is 4.70. The predicted octanol–water partition coefficient (Wildman–Crippen LogP) is 2.62. The van der Waals surface area contributed by atoms with E-state index < -0.39 is 0 Å². The number of rotatable bonds is 1. The minimum absolute atomic E-state index is 0.0949. The number of Topliss-reactive ketones (excluding diaryl/α,β-unsaturated/α-hetero) is 1. The van der Waals surface area contributed by atoms with Crippen molar-refractivity contribution in [1.82, 2.24) is 4.90 Å². The quantitative estimate of drug-likeness (QED) is 0.738. The SMILES string of the molecule is CCN1C(=O)CS/C1=C1\CCc2ccccc2C1=O. The third-order valence-corrected chi connectivity index (χ3v) is 4.76. The van der Waals surface area contributed by atoms with Gasteiger partial charge < -0.3 is 4.90 Å². The van der Waals surface area contributed by atoms with E-state index in [1.165, 1.54) is 11.8 Å². The van der Waals surface area contributed by atoms with Gasteiger partial charge >= 0.3 is 0 Å². The fraction of sp³-hybridized carbons (Fsp3) is 0.333. The summed E-state index contributed by atoms with van der Waals surface area (Å²) < 4.78 is 0. The minimum atomic E-state index is 0.0949. The zero-order valence-corrected chi connectivity index (χ0v) is 11.6. The minimum Gasteiger partial charge on any atom is -0.306 e. The molecule has 98 valence electrons. The Hall–Kier alpha value is -1.55. The van der Waals surface area contributed by atoms with Crippen LogP contribution in [0.3, 0.4) is 0 Å². The van der Waals surface area contributed by atoms with Crippen molar-refractivity contribution in [2.45, 2.75) is 19.8 Å². The van der Waals surface area contributed by atoms with Gasteiger partial charge in [0.1, 0.15) is 0 Å². The van der Waals surface area contributed by atoms with Gasteiger partial charge in [-0.25, -0.2) is 0 Å². The van der Waals surface area contributed by atoms with Gasteiger partial charge in [0.25, 0.3) is 0 Å². The lowest BCUT2D eigenvalue weighted by Gasteiger charge is -2.22. The monoisotopic (exact) mass is 273 g/mol. The van der Waals surface area contributed by atoms with Crippen LogP contribution in [0, 0.1) is 0 Å². The smallest absolute Gasteiger partial charge is 0.237 e. The molecule has 1 aliphatic carbocycles. The highest BCUT2D eigenvalue weighted by molar-refractivity contribution is 8.04. The number of thioether (sulfide) groups is 1. The number of hydrogen-bond donors (Lipinski definition) is 0. The fourth-order valence-electron chi connectivity index (χ4n) is 2.67. The third kappa shape index (κ3) is 2.00. The highest BCUT2D eigenvalue weighted by atomic mass is 32.2. The number of ketones is 1. The average molecular weight is 273 g/mol. The van der Waals surface area contributed by atoms with Crippen LogP contribution in [0.5, 0.6) is 0 Å². The number of amides is 1. The van der Waals surface area contributed by atoms with E-state index in [0.29, 0.717) is 12.3 Å². The van der Waals surface area contributed by atoms with E-state index in [0.717, 1.165) is 34.6 Å². The Morgan fingerprint density at radius 3 is 2.79 bits per heavy atom. The van der Waals surface area contributed by atoms with Crippen LogP contribution in [0.25, 0.3) is 0 Å². The molecule has 0 unspecified atom stereocenters. The Morgan fingerprint density at radius 1 is 1.21 bits per heavy atom. The molecule has 0 saturated carbocycles. The van der Waals surface area contributed by atoms with Crippen molar-refractivity contribution in [2.24, 2.45) is 0 Å². The van der Waals surface area contributed by atoms with Gasteiger partial charge in [0, 0.05) is 17.7 Å². The molecule has 1 heterocycles. The number of allylic oxidation sites excluding steroid dienone is 1. The van der Waals surface area contributed by atoms with Crippen LogP contribution in [0.1, 0.15) is 29.3 Å². The Balaban J connectivity index is 2.05. The first-order valence-corrected chi connectivity index (χ1v) is 7.50. The van der Waals surface area contributed by atoms with Gasteiger partial charge in [0.2, 0.25) is 5.91 Å². The Kier molecular flexibility index (Phi) is 3.19. The average Bonchev–Trinajstić information content (AvgIpc) is 2.80. The van der Waals surface area contributed by atoms with Crippen LogP contribution in [-0.4, -0.2) is 28.9 Å². The number of hydrogen-bond acceptors (Lipinski definition) is 3. The molecule has 3 rings (SSSR count). The maximum absolute atomic E-state index is 12.6. The molecule has 1 aromatic carbocycles. The summed E-state index contributed by atoms with van der Waals surface area (Å²) in [6.07, 6.45) is 1.62. The summed E-state index contributed by atoms with van der Waals surface area (Å²) in [5.74, 6) is 0.667. The van der Waals surface area contributed by atoms with Crippen molar-refractivity contribution in [1.29, 1.82) is 0 Å². The van der Waals surface area contributed by atoms with Crippen LogP contribution in [0.15, 0.2) is 34.9 Å². The van der Waals surface area contributed by atoms with Crippen LogP contribution in [-0.2, 0) is 11.2 Å². The summed E-state index contributed by atoms with van der Waals surface area (Å²) in [5.41, 5.74) is 2.73. The van der Waals surface area contributed by atoms with Crippen molar-refractivity contribution < 1.29 is 9.59 Å². The number of carbonyl (C=O) groups excluding carboxylic acids is 2. The zero-order valence-electron chi connectivity index (χ0n) is 10.8. The molecule has 19 heavy (non-hydrogen) atoms. The molecule has 1 saturated heterocycles. The molecule has 0 spiro atoms. The van der Waals surface area contributed by atoms with Crippen molar-refractivity contribution in [2.75, 3.05) is 12.3 Å². The van der Waals surface area contributed by atoms with E-state index in [1.807, 2.05) is 31.2 Å². The normalized spacial score (nSPS) is 22.9. The molecule has 2 aliphatic rings. The number of fused-ring (bicyclic) bond motifs is 1. The maximum Gasteiger partial charge on any atom is 0.237 e. The highest BCUT2D eigenvalue weighted by Gasteiger charge is 2.32.